The van der Waals surface area contributed by atoms with Crippen LogP contribution in [0.5, 0.6) is 5.75 Å². The van der Waals surface area contributed by atoms with Gasteiger partial charge in [0.15, 0.2) is 5.82 Å². The minimum absolute atomic E-state index is 0.357. The van der Waals surface area contributed by atoms with Crippen molar-refractivity contribution < 1.29 is 14.3 Å². The molecule has 6 nitrogen and oxygen atoms in total. The number of benzene rings is 2. The molecule has 118 valence electrons. The molecule has 1 aliphatic rings. The molecule has 24 heavy (non-hydrogen) atoms. The van der Waals surface area contributed by atoms with E-state index < -0.39 is 11.7 Å². The molecule has 0 radical (unpaired) electrons. The number of nitrogens with zero attached hydrogens (tertiary/aromatic N) is 1. The van der Waals surface area contributed by atoms with Crippen LogP contribution in [0.2, 0.25) is 0 Å². The van der Waals surface area contributed by atoms with Gasteiger partial charge in [-0.15, -0.1) is 0 Å². The summed E-state index contributed by atoms with van der Waals surface area (Å²) in [6.07, 6.45) is 0. The van der Waals surface area contributed by atoms with E-state index in [2.05, 4.69) is 15.6 Å². The molecular weight excluding hydrogens is 306 g/mol. The van der Waals surface area contributed by atoms with E-state index in [0.29, 0.717) is 33.7 Å². The van der Waals surface area contributed by atoms with Crippen LogP contribution < -0.4 is 15.4 Å². The highest BCUT2D eigenvalue weighted by molar-refractivity contribution is 6.54. The van der Waals surface area contributed by atoms with Gasteiger partial charge in [-0.05, 0) is 18.2 Å². The quantitative estimate of drug-likeness (QED) is 0.725. The van der Waals surface area contributed by atoms with E-state index in [-0.39, 0.29) is 0 Å². The highest BCUT2D eigenvalue weighted by Gasteiger charge is 2.33. The number of amides is 1. The molecule has 0 aliphatic carbocycles. The lowest BCUT2D eigenvalue weighted by Crippen LogP contribution is -2.12. The maximum atomic E-state index is 12.2. The van der Waals surface area contributed by atoms with Crippen molar-refractivity contribution in [2.45, 2.75) is 0 Å². The van der Waals surface area contributed by atoms with Gasteiger partial charge in [-0.2, -0.15) is 0 Å². The molecule has 0 bridgehead atoms. The Labute approximate surface area is 137 Å². The Morgan fingerprint density at radius 3 is 2.75 bits per heavy atom. The molecule has 4 rings (SSSR count). The van der Waals surface area contributed by atoms with E-state index in [0.717, 1.165) is 5.69 Å². The summed E-state index contributed by atoms with van der Waals surface area (Å²) >= 11 is 0. The minimum atomic E-state index is -0.642. The van der Waals surface area contributed by atoms with Gasteiger partial charge in [-0.25, -0.2) is 4.98 Å². The molecule has 2 heterocycles. The van der Waals surface area contributed by atoms with Gasteiger partial charge in [0.05, 0.1) is 23.9 Å². The summed E-state index contributed by atoms with van der Waals surface area (Å²) in [4.78, 5) is 28.6. The van der Waals surface area contributed by atoms with Gasteiger partial charge in [-0.1, -0.05) is 24.3 Å². The summed E-state index contributed by atoms with van der Waals surface area (Å²) in [5.74, 6) is -0.0668. The fraction of sp³-hybridized carbons (Fsp3) is 0.0556. The number of pyridine rings is 1. The average molecular weight is 319 g/mol. The number of nitrogens with one attached hydrogen (secondary N) is 2. The Balaban J connectivity index is 1.88. The number of fused-ring (bicyclic) bond motifs is 3. The molecule has 1 aromatic heterocycles. The second-order valence-corrected chi connectivity index (χ2v) is 5.37. The molecule has 0 saturated heterocycles. The second kappa shape index (κ2) is 5.34. The normalized spacial score (nSPS) is 12.9. The van der Waals surface area contributed by atoms with E-state index >= 15 is 0 Å². The molecule has 0 fully saturated rings. The number of anilines is 3. The number of carbonyl (C=O) groups is 2. The van der Waals surface area contributed by atoms with Gasteiger partial charge in [0, 0.05) is 17.1 Å². The first-order valence-electron chi connectivity index (χ1n) is 7.37. The Bertz CT molecular complexity index is 998. The molecule has 3 aromatic rings. The maximum Gasteiger partial charge on any atom is 0.296 e. The first kappa shape index (κ1) is 14.2. The fourth-order valence-electron chi connectivity index (χ4n) is 2.78. The molecule has 1 aliphatic heterocycles. The Morgan fingerprint density at radius 1 is 1.08 bits per heavy atom. The average Bonchev–Trinajstić information content (AvgIpc) is 2.91. The summed E-state index contributed by atoms with van der Waals surface area (Å²) in [7, 11) is 1.59. The number of methoxy groups -OCH3 is 1. The van der Waals surface area contributed by atoms with Crippen LogP contribution in [0.1, 0.15) is 10.4 Å². The fourth-order valence-corrected chi connectivity index (χ4v) is 2.78. The van der Waals surface area contributed by atoms with Crippen LogP contribution in [0.25, 0.3) is 10.9 Å². The van der Waals surface area contributed by atoms with Crippen molar-refractivity contribution in [3.05, 3.63) is 54.1 Å². The van der Waals surface area contributed by atoms with Crippen LogP contribution in [-0.2, 0) is 4.79 Å². The second-order valence-electron chi connectivity index (χ2n) is 5.37. The van der Waals surface area contributed by atoms with E-state index in [9.17, 15) is 9.59 Å². The number of rotatable bonds is 3. The van der Waals surface area contributed by atoms with Crippen LogP contribution in [0.15, 0.2) is 48.5 Å². The molecule has 6 heteroatoms. The molecule has 0 spiro atoms. The van der Waals surface area contributed by atoms with Crippen molar-refractivity contribution in [1.82, 2.24) is 4.98 Å². The highest BCUT2D eigenvalue weighted by Crippen LogP contribution is 2.37. The van der Waals surface area contributed by atoms with Gasteiger partial charge >= 0.3 is 0 Å². The van der Waals surface area contributed by atoms with E-state index in [1.54, 1.807) is 13.2 Å². The van der Waals surface area contributed by atoms with Crippen LogP contribution in [-0.4, -0.2) is 23.8 Å². The topological polar surface area (TPSA) is 80.3 Å². The zero-order valence-electron chi connectivity index (χ0n) is 12.8. The maximum absolute atomic E-state index is 12.2. The largest absolute Gasteiger partial charge is 0.497 e. The molecule has 2 N–H and O–H groups in total. The third-order valence-corrected chi connectivity index (χ3v) is 3.90. The lowest BCUT2D eigenvalue weighted by Gasteiger charge is -2.12. The highest BCUT2D eigenvalue weighted by atomic mass is 16.5. The monoisotopic (exact) mass is 319 g/mol. The molecular formula is C18H13N3O3. The number of hydrogen-bond donors (Lipinski definition) is 2. The van der Waals surface area contributed by atoms with Crippen molar-refractivity contribution in [3.63, 3.8) is 0 Å². The molecule has 0 saturated carbocycles. The van der Waals surface area contributed by atoms with Crippen molar-refractivity contribution in [2.75, 3.05) is 17.7 Å². The smallest absolute Gasteiger partial charge is 0.296 e. The van der Waals surface area contributed by atoms with Crippen molar-refractivity contribution >= 4 is 39.8 Å². The van der Waals surface area contributed by atoms with E-state index in [1.807, 2.05) is 42.5 Å². The van der Waals surface area contributed by atoms with Crippen LogP contribution in [0.3, 0.4) is 0 Å². The van der Waals surface area contributed by atoms with Gasteiger partial charge in [0.25, 0.3) is 11.7 Å². The van der Waals surface area contributed by atoms with Crippen LogP contribution in [0, 0.1) is 0 Å². The molecule has 1 amide bonds. The van der Waals surface area contributed by atoms with E-state index in [4.69, 9.17) is 4.74 Å². The summed E-state index contributed by atoms with van der Waals surface area (Å²) in [6, 6.07) is 14.6. The van der Waals surface area contributed by atoms with Crippen LogP contribution >= 0.6 is 0 Å². The lowest BCUT2D eigenvalue weighted by atomic mass is 10.1. The first-order chi connectivity index (χ1) is 11.7. The van der Waals surface area contributed by atoms with E-state index in [1.165, 1.54) is 0 Å². The standard InChI is InChI=1S/C18H13N3O3/c1-24-11-6-4-5-10(9-11)19-17-15-14(16(22)18(23)21-15)12-7-2-3-8-13(12)20-17/h2-9H,1H3,(H,19,20)(H,21,22,23). The third-order valence-electron chi connectivity index (χ3n) is 3.90. The Morgan fingerprint density at radius 2 is 1.92 bits per heavy atom. The SMILES string of the molecule is COc1cccc(Nc2nc3ccccc3c3c2NC(=O)C3=O)c1. The van der Waals surface area contributed by atoms with Crippen molar-refractivity contribution in [1.29, 1.82) is 0 Å². The zero-order chi connectivity index (χ0) is 16.7. The number of hydrogen-bond acceptors (Lipinski definition) is 5. The van der Waals surface area contributed by atoms with Gasteiger partial charge in [0.1, 0.15) is 5.75 Å². The lowest BCUT2D eigenvalue weighted by molar-refractivity contribution is -0.112. The predicted octanol–water partition coefficient (Wildman–Crippen LogP) is 3.12. The minimum Gasteiger partial charge on any atom is -0.497 e. The first-order valence-corrected chi connectivity index (χ1v) is 7.37. The summed E-state index contributed by atoms with van der Waals surface area (Å²) in [6.45, 7) is 0. The number of Topliss-reactive ketones (excluding diaryl/α,β-unsaturated/α-hetero) is 1. The summed E-state index contributed by atoms with van der Waals surface area (Å²) in [5, 5.41) is 6.43. The van der Waals surface area contributed by atoms with Crippen molar-refractivity contribution in [3.8, 4) is 5.75 Å². The predicted molar refractivity (Wildman–Crippen MR) is 91.0 cm³/mol. The third kappa shape index (κ3) is 2.16. The number of para-hydroxylation sites is 1. The number of ketones is 1. The summed E-state index contributed by atoms with van der Waals surface area (Å²) < 4.78 is 5.21. The van der Waals surface area contributed by atoms with Gasteiger partial charge in [-0.3, -0.25) is 9.59 Å². The number of carbonyl (C=O) groups excluding carboxylic acids is 2. The van der Waals surface area contributed by atoms with Crippen LogP contribution in [0.4, 0.5) is 17.2 Å². The summed E-state index contributed by atoms with van der Waals surface area (Å²) in [5.41, 5.74) is 2.15. The molecule has 2 aromatic carbocycles. The number of ether oxygens (including phenoxy) is 1. The van der Waals surface area contributed by atoms with Crippen molar-refractivity contribution in [2.24, 2.45) is 0 Å². The Hall–Kier alpha value is -3.41. The molecule has 0 atom stereocenters. The molecule has 0 unspecified atom stereocenters. The number of aromatic nitrogens is 1. The Kier molecular flexibility index (Phi) is 3.16. The zero-order valence-corrected chi connectivity index (χ0v) is 12.8. The van der Waals surface area contributed by atoms with Gasteiger partial charge in [0.2, 0.25) is 0 Å². The van der Waals surface area contributed by atoms with Gasteiger partial charge < -0.3 is 15.4 Å².